The van der Waals surface area contributed by atoms with Crippen molar-refractivity contribution in [3.05, 3.63) is 24.1 Å². The highest BCUT2D eigenvalue weighted by Gasteiger charge is 2.50. The van der Waals surface area contributed by atoms with Crippen molar-refractivity contribution in [3.8, 4) is 0 Å². The Bertz CT molecular complexity index is 1060. The van der Waals surface area contributed by atoms with Crippen LogP contribution in [0, 0.1) is 11.8 Å². The Morgan fingerprint density at radius 1 is 1.10 bits per heavy atom. The van der Waals surface area contributed by atoms with Crippen LogP contribution in [0.1, 0.15) is 52.9 Å². The summed E-state index contributed by atoms with van der Waals surface area (Å²) in [7, 11) is 1.47. The van der Waals surface area contributed by atoms with Gasteiger partial charge in [0.15, 0.2) is 5.67 Å². The molecule has 4 saturated heterocycles. The Labute approximate surface area is 235 Å². The van der Waals surface area contributed by atoms with Gasteiger partial charge in [-0.1, -0.05) is 11.2 Å². The molecule has 0 saturated carbocycles. The van der Waals surface area contributed by atoms with Gasteiger partial charge in [-0.2, -0.15) is 0 Å². The fourth-order valence-electron chi connectivity index (χ4n) is 6.54. The molecule has 4 fully saturated rings. The van der Waals surface area contributed by atoms with Crippen LogP contribution < -0.4 is 0 Å². The van der Waals surface area contributed by atoms with Gasteiger partial charge < -0.3 is 29.0 Å². The zero-order chi connectivity index (χ0) is 28.7. The second-order valence-electron chi connectivity index (χ2n) is 13.0. The molecule has 40 heavy (non-hydrogen) atoms. The third-order valence-corrected chi connectivity index (χ3v) is 8.74. The Hall–Kier alpha value is -2.53. The maximum absolute atomic E-state index is 15.9. The summed E-state index contributed by atoms with van der Waals surface area (Å²) in [5.74, 6) is -0.723. The van der Waals surface area contributed by atoms with Crippen LogP contribution in [-0.4, -0.2) is 108 Å². The molecule has 1 aliphatic carbocycles. The molecular weight excluding hydrogens is 522 g/mol. The Balaban J connectivity index is 1.09. The zero-order valence-electron chi connectivity index (χ0n) is 24.0. The summed E-state index contributed by atoms with van der Waals surface area (Å²) in [6, 6.07) is 0. The number of likely N-dealkylation sites (tertiary alicyclic amines) is 3. The van der Waals surface area contributed by atoms with E-state index >= 15 is 4.39 Å². The van der Waals surface area contributed by atoms with Crippen LogP contribution in [-0.2, 0) is 19.1 Å². The molecule has 5 rings (SSSR count). The van der Waals surface area contributed by atoms with Crippen LogP contribution in [0.25, 0.3) is 0 Å². The lowest BCUT2D eigenvalue weighted by Gasteiger charge is -2.49. The molecule has 0 aromatic carbocycles. The van der Waals surface area contributed by atoms with E-state index in [1.807, 2.05) is 20.8 Å². The van der Waals surface area contributed by atoms with E-state index in [-0.39, 0.29) is 36.8 Å². The van der Waals surface area contributed by atoms with Gasteiger partial charge >= 0.3 is 6.09 Å². The average Bonchev–Trinajstić information content (AvgIpc) is 2.87. The molecule has 0 aromatic heterocycles. The van der Waals surface area contributed by atoms with Gasteiger partial charge in [-0.05, 0) is 45.8 Å². The number of allylic oxidation sites excluding steroid dienone is 2. The predicted octanol–water partition coefficient (Wildman–Crippen LogP) is 3.85. The second kappa shape index (κ2) is 11.0. The smallest absolute Gasteiger partial charge is 0.410 e. The lowest BCUT2D eigenvalue weighted by Crippen LogP contribution is -2.59. The monoisotopic (exact) mass is 564 g/mol. The summed E-state index contributed by atoms with van der Waals surface area (Å²) >= 11 is 0. The average molecular weight is 565 g/mol. The van der Waals surface area contributed by atoms with Gasteiger partial charge in [-0.15, -0.1) is 0 Å². The normalized spacial score (nSPS) is 29.6. The number of halogens is 2. The first-order valence-electron chi connectivity index (χ1n) is 14.4. The quantitative estimate of drug-likeness (QED) is 0.483. The predicted molar refractivity (Wildman–Crippen MR) is 145 cm³/mol. The van der Waals surface area contributed by atoms with Gasteiger partial charge in [0.1, 0.15) is 18.5 Å². The van der Waals surface area contributed by atoms with Crippen molar-refractivity contribution in [2.45, 2.75) is 75.9 Å². The highest BCUT2D eigenvalue weighted by molar-refractivity contribution is 5.91. The summed E-state index contributed by atoms with van der Waals surface area (Å²) in [5, 5.41) is 4.18. The van der Waals surface area contributed by atoms with Gasteiger partial charge in [-0.25, -0.2) is 13.6 Å². The van der Waals surface area contributed by atoms with Crippen molar-refractivity contribution in [2.75, 3.05) is 52.9 Å². The van der Waals surface area contributed by atoms with Crippen LogP contribution in [0.2, 0.25) is 0 Å². The minimum atomic E-state index is -1.86. The molecule has 11 heteroatoms. The molecular formula is C29H42F2N4O5. The molecule has 9 nitrogen and oxygen atoms in total. The topological polar surface area (TPSA) is 83.9 Å². The minimum Gasteiger partial charge on any atom is -0.444 e. The molecule has 5 aliphatic rings. The number of carbonyl (C=O) groups is 2. The van der Waals surface area contributed by atoms with Crippen molar-refractivity contribution in [3.63, 3.8) is 0 Å². The van der Waals surface area contributed by atoms with Crippen LogP contribution in [0.3, 0.4) is 0 Å². The molecule has 4 aliphatic heterocycles. The van der Waals surface area contributed by atoms with Crippen molar-refractivity contribution >= 4 is 17.7 Å². The first-order valence-corrected chi connectivity index (χ1v) is 14.4. The van der Waals surface area contributed by atoms with Crippen molar-refractivity contribution in [1.29, 1.82) is 0 Å². The fourth-order valence-corrected chi connectivity index (χ4v) is 6.54. The summed E-state index contributed by atoms with van der Waals surface area (Å²) in [4.78, 5) is 36.1. The van der Waals surface area contributed by atoms with Gasteiger partial charge in [0.25, 0.3) is 5.91 Å². The summed E-state index contributed by atoms with van der Waals surface area (Å²) in [6.07, 6.45) is 5.95. The lowest BCUT2D eigenvalue weighted by atomic mass is 9.76. The number of piperidine rings is 2. The number of alkyl halides is 1. The number of nitrogens with zero attached hydrogens (tertiary/aromatic N) is 4. The number of carbonyl (C=O) groups excluding carboxylic acids is 2. The van der Waals surface area contributed by atoms with Gasteiger partial charge in [0, 0.05) is 71.0 Å². The first-order chi connectivity index (χ1) is 18.9. The highest BCUT2D eigenvalue weighted by Crippen LogP contribution is 2.42. The second-order valence-corrected chi connectivity index (χ2v) is 13.0. The number of rotatable bonds is 4. The number of fused-ring (bicyclic) bond motifs is 1. The first kappa shape index (κ1) is 29.0. The zero-order valence-corrected chi connectivity index (χ0v) is 24.0. The molecule has 4 heterocycles. The van der Waals surface area contributed by atoms with E-state index in [1.54, 1.807) is 15.9 Å². The van der Waals surface area contributed by atoms with E-state index in [9.17, 15) is 14.0 Å². The van der Waals surface area contributed by atoms with Crippen LogP contribution in [0.4, 0.5) is 13.6 Å². The summed E-state index contributed by atoms with van der Waals surface area (Å²) < 4.78 is 41.7. The molecule has 2 atom stereocenters. The number of amides is 2. The molecule has 0 aromatic rings. The fraction of sp³-hybridized carbons (Fsp3) is 0.759. The maximum atomic E-state index is 15.9. The van der Waals surface area contributed by atoms with Crippen LogP contribution in [0.5, 0.6) is 0 Å². The van der Waals surface area contributed by atoms with Crippen molar-refractivity contribution < 1.29 is 32.7 Å². The number of oxime groups is 1. The molecule has 2 unspecified atom stereocenters. The number of ether oxygens (including phenoxy) is 2. The molecule has 1 spiro atoms. The van der Waals surface area contributed by atoms with E-state index < -0.39 is 22.8 Å². The lowest BCUT2D eigenvalue weighted by molar-refractivity contribution is -0.158. The SMILES string of the molecule is CON=C1CC2(CCN(C(=O)C3(F)CCN(CC4CN(C(=O)OC(C)(C)C)C4)CC3)CC2)OC2C=CC(F)=CC12. The van der Waals surface area contributed by atoms with E-state index in [0.29, 0.717) is 64.4 Å². The third-order valence-electron chi connectivity index (χ3n) is 8.74. The van der Waals surface area contributed by atoms with E-state index in [4.69, 9.17) is 14.3 Å². The molecule has 2 amide bonds. The maximum Gasteiger partial charge on any atom is 0.410 e. The molecule has 0 N–H and O–H groups in total. The molecule has 222 valence electrons. The summed E-state index contributed by atoms with van der Waals surface area (Å²) in [6.45, 7) is 9.46. The van der Waals surface area contributed by atoms with E-state index in [0.717, 1.165) is 12.3 Å². The van der Waals surface area contributed by atoms with E-state index in [2.05, 4.69) is 10.1 Å². The highest BCUT2D eigenvalue weighted by atomic mass is 19.1. The van der Waals surface area contributed by atoms with Crippen molar-refractivity contribution in [2.24, 2.45) is 17.0 Å². The van der Waals surface area contributed by atoms with Crippen LogP contribution in [0.15, 0.2) is 29.2 Å². The number of hydrogen-bond acceptors (Lipinski definition) is 7. The Morgan fingerprint density at radius 2 is 1.77 bits per heavy atom. The van der Waals surface area contributed by atoms with Crippen LogP contribution >= 0.6 is 0 Å². The number of hydrogen-bond donors (Lipinski definition) is 0. The Morgan fingerprint density at radius 3 is 2.40 bits per heavy atom. The van der Waals surface area contributed by atoms with E-state index in [1.165, 1.54) is 19.3 Å². The van der Waals surface area contributed by atoms with Gasteiger partial charge in [0.05, 0.1) is 23.3 Å². The molecule has 0 radical (unpaired) electrons. The standard InChI is InChI=1S/C29H42F2N4O5/c1-27(2,3)40-26(37)35-18-20(19-35)17-33-11-9-29(31,10-12-33)25(36)34-13-7-28(8-14-34)16-23(32-38-4)22-15-21(30)5-6-24(22)39-28/h5-6,15,20,22,24H,7-14,16-19H2,1-4H3. The van der Waals surface area contributed by atoms with Crippen molar-refractivity contribution in [1.82, 2.24) is 14.7 Å². The van der Waals surface area contributed by atoms with Gasteiger partial charge in [0.2, 0.25) is 0 Å². The molecule has 0 bridgehead atoms. The summed E-state index contributed by atoms with van der Waals surface area (Å²) in [5.41, 5.74) is -2.18. The minimum absolute atomic E-state index is 0.170. The third kappa shape index (κ3) is 6.20. The van der Waals surface area contributed by atoms with Gasteiger partial charge in [-0.3, -0.25) is 4.79 Å². The Kier molecular flexibility index (Phi) is 8.00. The largest absolute Gasteiger partial charge is 0.444 e.